The smallest absolute Gasteiger partial charge is 0.318 e. The third-order valence-corrected chi connectivity index (χ3v) is 5.62. The van der Waals surface area contributed by atoms with E-state index >= 15 is 0 Å². The molecular weight excluding hydrogens is 457 g/mol. The van der Waals surface area contributed by atoms with Crippen molar-refractivity contribution in [1.29, 1.82) is 0 Å². The van der Waals surface area contributed by atoms with Gasteiger partial charge in [0.2, 0.25) is 0 Å². The molecule has 33 heavy (non-hydrogen) atoms. The van der Waals surface area contributed by atoms with Crippen molar-refractivity contribution < 1.29 is 18.0 Å². The molecule has 168 valence electrons. The molecule has 0 bridgehead atoms. The maximum Gasteiger partial charge on any atom is 0.322 e. The molecule has 2 aromatic heterocycles. The Morgan fingerprint density at radius 2 is 1.97 bits per heavy atom. The zero-order valence-corrected chi connectivity index (χ0v) is 17.7. The van der Waals surface area contributed by atoms with Crippen LogP contribution >= 0.6 is 11.6 Å². The molecule has 0 radical (unpaired) electrons. The molecule has 7 nitrogen and oxygen atoms in total. The van der Waals surface area contributed by atoms with Gasteiger partial charge in [0.05, 0.1) is 12.1 Å². The Kier molecular flexibility index (Phi) is 5.16. The van der Waals surface area contributed by atoms with Crippen LogP contribution in [-0.2, 0) is 0 Å². The number of nitrogens with one attached hydrogen (secondary N) is 1. The van der Waals surface area contributed by atoms with Crippen molar-refractivity contribution in [3.63, 3.8) is 0 Å². The largest absolute Gasteiger partial charge is 0.322 e. The van der Waals surface area contributed by atoms with Gasteiger partial charge in [-0.25, -0.2) is 27.5 Å². The monoisotopic (exact) mass is 472 g/mol. The van der Waals surface area contributed by atoms with Gasteiger partial charge in [-0.3, -0.25) is 0 Å². The molecule has 11 heteroatoms. The number of rotatable bonds is 3. The van der Waals surface area contributed by atoms with Gasteiger partial charge in [-0.1, -0.05) is 29.8 Å². The Morgan fingerprint density at radius 1 is 1.15 bits per heavy atom. The van der Waals surface area contributed by atoms with E-state index in [1.54, 1.807) is 18.5 Å². The number of amides is 2. The van der Waals surface area contributed by atoms with Gasteiger partial charge in [-0.05, 0) is 24.3 Å². The van der Waals surface area contributed by atoms with Gasteiger partial charge in [0.1, 0.15) is 5.82 Å². The summed E-state index contributed by atoms with van der Waals surface area (Å²) in [6, 6.07) is 10.4. The number of hydrogen-bond donors (Lipinski definition) is 1. The summed E-state index contributed by atoms with van der Waals surface area (Å²) < 4.78 is 42.8. The van der Waals surface area contributed by atoms with E-state index in [1.807, 2.05) is 18.2 Å². The fourth-order valence-corrected chi connectivity index (χ4v) is 3.86. The van der Waals surface area contributed by atoms with Crippen LogP contribution in [0.2, 0.25) is 5.02 Å². The summed E-state index contributed by atoms with van der Waals surface area (Å²) in [6.45, 7) is -0.708. The van der Waals surface area contributed by atoms with Crippen molar-refractivity contribution >= 4 is 29.1 Å². The minimum absolute atomic E-state index is 0.0318. The Morgan fingerprint density at radius 3 is 2.73 bits per heavy atom. The van der Waals surface area contributed by atoms with Gasteiger partial charge < -0.3 is 10.2 Å². The van der Waals surface area contributed by atoms with E-state index < -0.39 is 24.3 Å². The summed E-state index contributed by atoms with van der Waals surface area (Å²) >= 11 is 6.25. The van der Waals surface area contributed by atoms with Crippen molar-refractivity contribution in [2.75, 3.05) is 18.4 Å². The third kappa shape index (κ3) is 4.21. The summed E-state index contributed by atoms with van der Waals surface area (Å²) in [5, 5.41) is 7.38. The van der Waals surface area contributed by atoms with E-state index in [4.69, 9.17) is 11.6 Å². The molecule has 0 aliphatic carbocycles. The zero-order chi connectivity index (χ0) is 23.2. The lowest BCUT2D eigenvalue weighted by Crippen LogP contribution is -2.34. The van der Waals surface area contributed by atoms with Gasteiger partial charge in [0.25, 0.3) is 11.7 Å². The molecule has 5 rings (SSSR count). The number of halogens is 4. The lowest BCUT2D eigenvalue weighted by molar-refractivity contribution is 0.0159. The highest BCUT2D eigenvalue weighted by atomic mass is 35.5. The predicted molar refractivity (Wildman–Crippen MR) is 117 cm³/mol. The molecule has 0 spiro atoms. The van der Waals surface area contributed by atoms with Crippen LogP contribution in [0.25, 0.3) is 28.3 Å². The molecule has 4 aromatic rings. The average molecular weight is 473 g/mol. The van der Waals surface area contributed by atoms with Gasteiger partial charge in [-0.15, -0.1) is 5.10 Å². The Balaban J connectivity index is 1.43. The van der Waals surface area contributed by atoms with E-state index in [1.165, 1.54) is 16.6 Å². The van der Waals surface area contributed by atoms with Crippen molar-refractivity contribution in [3.05, 3.63) is 65.7 Å². The van der Waals surface area contributed by atoms with Crippen LogP contribution in [0.3, 0.4) is 0 Å². The van der Waals surface area contributed by atoms with E-state index in [9.17, 15) is 18.0 Å². The molecule has 2 amide bonds. The normalized spacial score (nSPS) is 15.2. The minimum Gasteiger partial charge on any atom is -0.318 e. The molecule has 1 fully saturated rings. The van der Waals surface area contributed by atoms with Crippen LogP contribution in [0.5, 0.6) is 0 Å². The first-order valence-corrected chi connectivity index (χ1v) is 10.4. The highest BCUT2D eigenvalue weighted by molar-refractivity contribution is 6.33. The number of urea groups is 1. The van der Waals surface area contributed by atoms with Crippen LogP contribution in [0.4, 0.5) is 23.7 Å². The highest BCUT2D eigenvalue weighted by Crippen LogP contribution is 2.29. The first-order valence-electron chi connectivity index (χ1n) is 10.0. The molecule has 2 aromatic carbocycles. The van der Waals surface area contributed by atoms with E-state index in [-0.39, 0.29) is 35.8 Å². The van der Waals surface area contributed by atoms with Crippen LogP contribution < -0.4 is 5.32 Å². The number of carbonyl (C=O) groups excluding carboxylic acids is 1. The maximum atomic E-state index is 14.6. The summed E-state index contributed by atoms with van der Waals surface area (Å²) in [5.74, 6) is -3.21. The van der Waals surface area contributed by atoms with E-state index in [2.05, 4.69) is 20.4 Å². The summed E-state index contributed by atoms with van der Waals surface area (Å²) in [5.41, 5.74) is 1.72. The molecule has 0 saturated carbocycles. The fourth-order valence-electron chi connectivity index (χ4n) is 3.62. The first-order chi connectivity index (χ1) is 15.8. The number of fused-ring (bicyclic) bond motifs is 1. The molecule has 1 saturated heterocycles. The van der Waals surface area contributed by atoms with Crippen molar-refractivity contribution in [3.8, 4) is 22.5 Å². The lowest BCUT2D eigenvalue weighted by atomic mass is 10.1. The Hall–Kier alpha value is -3.66. The molecule has 0 unspecified atom stereocenters. The minimum atomic E-state index is -2.90. The fraction of sp³-hybridized carbons (Fsp3) is 0.182. The van der Waals surface area contributed by atoms with Crippen LogP contribution in [0, 0.1) is 5.82 Å². The number of anilines is 1. The van der Waals surface area contributed by atoms with E-state index in [0.717, 1.165) is 16.5 Å². The predicted octanol–water partition coefficient (Wildman–Crippen LogP) is 5.12. The van der Waals surface area contributed by atoms with Crippen molar-refractivity contribution in [1.82, 2.24) is 24.5 Å². The summed E-state index contributed by atoms with van der Waals surface area (Å²) in [4.78, 5) is 21.9. The number of benzene rings is 2. The maximum absolute atomic E-state index is 14.6. The van der Waals surface area contributed by atoms with Crippen molar-refractivity contribution in [2.24, 2.45) is 0 Å². The molecular formula is C22H16ClF3N6O. The quantitative estimate of drug-likeness (QED) is 0.449. The number of carbonyl (C=O) groups is 1. The number of hydrogen-bond acceptors (Lipinski definition) is 4. The second-order valence-electron chi connectivity index (χ2n) is 7.65. The number of nitrogens with zero attached hydrogens (tertiary/aromatic N) is 5. The Bertz CT molecular complexity index is 1380. The highest BCUT2D eigenvalue weighted by Gasteiger charge is 2.40. The van der Waals surface area contributed by atoms with Crippen LogP contribution in [-0.4, -0.2) is 49.5 Å². The molecule has 1 aliphatic heterocycles. The first kappa shape index (κ1) is 21.2. The molecule has 0 atom stereocenters. The standard InChI is InChI=1S/C22H16ClF3N6O/c23-17-4-2-1-3-15(17)13-10-27-20-29-19(30-32(20)11-13)16-9-14(5-6-18(16)24)28-21(33)31-8-7-22(25,26)12-31/h1-6,9-11H,7-8,12H2,(H,28,33). The summed E-state index contributed by atoms with van der Waals surface area (Å²) in [7, 11) is 0. The SMILES string of the molecule is O=C(Nc1ccc(F)c(-c2nc3ncc(-c4ccccc4Cl)cn3n2)c1)N1CCC(F)(F)C1. The topological polar surface area (TPSA) is 75.4 Å². The second-order valence-corrected chi connectivity index (χ2v) is 8.06. The number of likely N-dealkylation sites (tertiary alicyclic amines) is 1. The zero-order valence-electron chi connectivity index (χ0n) is 17.0. The van der Waals surface area contributed by atoms with Gasteiger partial charge in [-0.2, -0.15) is 4.98 Å². The molecule has 1 N–H and O–H groups in total. The third-order valence-electron chi connectivity index (χ3n) is 5.29. The van der Waals surface area contributed by atoms with Crippen LogP contribution in [0.15, 0.2) is 54.9 Å². The average Bonchev–Trinajstić information content (AvgIpc) is 3.37. The van der Waals surface area contributed by atoms with Gasteiger partial charge >= 0.3 is 6.03 Å². The molecule has 3 heterocycles. The van der Waals surface area contributed by atoms with Gasteiger partial charge in [0.15, 0.2) is 5.82 Å². The lowest BCUT2D eigenvalue weighted by Gasteiger charge is -2.17. The van der Waals surface area contributed by atoms with E-state index in [0.29, 0.717) is 10.6 Å². The number of alkyl halides is 2. The van der Waals surface area contributed by atoms with Gasteiger partial charge in [0, 0.05) is 47.2 Å². The number of aromatic nitrogens is 4. The second kappa shape index (κ2) is 8.04. The van der Waals surface area contributed by atoms with Crippen LogP contribution in [0.1, 0.15) is 6.42 Å². The molecule has 1 aliphatic rings. The van der Waals surface area contributed by atoms with Crippen molar-refractivity contribution in [2.45, 2.75) is 12.3 Å². The Labute approximate surface area is 190 Å². The summed E-state index contributed by atoms with van der Waals surface area (Å²) in [6.07, 6.45) is 2.88.